The lowest BCUT2D eigenvalue weighted by molar-refractivity contribution is 0.265. The largest absolute Gasteiger partial charge is 0.490 e. The van der Waals surface area contributed by atoms with E-state index in [1.54, 1.807) is 18.2 Å². The molecule has 0 saturated heterocycles. The molecule has 3 aromatic rings. The minimum absolute atomic E-state index is 0.0151. The third-order valence-electron chi connectivity index (χ3n) is 3.62. The molecule has 0 saturated carbocycles. The Hall–Kier alpha value is -2.80. The standard InChI is InChI=1S/C18H18ClFN4O2/c1-2-25-17-8-12(9-21-18-22-11-23-24-18)6-7-16(17)26-10-13-14(19)4-3-5-15(13)20/h3-8,11H,2,9-10H2,1H3,(H2,21,22,23,24). The molecule has 0 aliphatic heterocycles. The molecule has 0 aliphatic carbocycles. The fraction of sp³-hybridized carbons (Fsp3) is 0.222. The van der Waals surface area contributed by atoms with Crippen molar-refractivity contribution in [1.82, 2.24) is 15.2 Å². The van der Waals surface area contributed by atoms with Gasteiger partial charge in [-0.15, -0.1) is 0 Å². The number of aromatic amines is 1. The minimum atomic E-state index is -0.400. The first kappa shape index (κ1) is 18.0. The molecule has 2 aromatic carbocycles. The summed E-state index contributed by atoms with van der Waals surface area (Å²) < 4.78 is 25.3. The number of halogens is 2. The quantitative estimate of drug-likeness (QED) is 0.616. The third-order valence-corrected chi connectivity index (χ3v) is 3.97. The minimum Gasteiger partial charge on any atom is -0.490 e. The van der Waals surface area contributed by atoms with Crippen molar-refractivity contribution in [2.24, 2.45) is 0 Å². The van der Waals surface area contributed by atoms with Gasteiger partial charge in [0, 0.05) is 12.1 Å². The van der Waals surface area contributed by atoms with Crippen molar-refractivity contribution >= 4 is 17.5 Å². The van der Waals surface area contributed by atoms with Crippen molar-refractivity contribution in [3.63, 3.8) is 0 Å². The zero-order valence-corrected chi connectivity index (χ0v) is 14.9. The molecule has 0 fully saturated rings. The van der Waals surface area contributed by atoms with Gasteiger partial charge in [0.15, 0.2) is 11.5 Å². The number of ether oxygens (including phenoxy) is 2. The Balaban J connectivity index is 1.71. The van der Waals surface area contributed by atoms with Gasteiger partial charge in [-0.3, -0.25) is 0 Å². The maximum absolute atomic E-state index is 13.9. The van der Waals surface area contributed by atoms with Gasteiger partial charge in [-0.05, 0) is 36.8 Å². The smallest absolute Gasteiger partial charge is 0.218 e. The molecular weight excluding hydrogens is 359 g/mol. The van der Waals surface area contributed by atoms with Crippen LogP contribution in [0.4, 0.5) is 10.3 Å². The highest BCUT2D eigenvalue weighted by molar-refractivity contribution is 6.31. The lowest BCUT2D eigenvalue weighted by atomic mass is 10.2. The lowest BCUT2D eigenvalue weighted by Crippen LogP contribution is -2.04. The van der Waals surface area contributed by atoms with Gasteiger partial charge in [0.2, 0.25) is 5.95 Å². The zero-order chi connectivity index (χ0) is 18.4. The molecule has 0 atom stereocenters. The second-order valence-corrected chi connectivity index (χ2v) is 5.80. The molecule has 0 radical (unpaired) electrons. The Morgan fingerprint density at radius 2 is 2.08 bits per heavy atom. The summed E-state index contributed by atoms with van der Waals surface area (Å²) >= 11 is 6.04. The van der Waals surface area contributed by atoms with Crippen LogP contribution < -0.4 is 14.8 Å². The fourth-order valence-corrected chi connectivity index (χ4v) is 2.56. The highest BCUT2D eigenvalue weighted by Gasteiger charge is 2.11. The normalized spacial score (nSPS) is 10.6. The van der Waals surface area contributed by atoms with Crippen molar-refractivity contribution in [3.8, 4) is 11.5 Å². The Morgan fingerprint density at radius 1 is 1.19 bits per heavy atom. The van der Waals surface area contributed by atoms with Gasteiger partial charge in [-0.25, -0.2) is 14.5 Å². The molecule has 136 valence electrons. The first-order chi connectivity index (χ1) is 12.7. The van der Waals surface area contributed by atoms with Crippen LogP contribution in [0.15, 0.2) is 42.7 Å². The van der Waals surface area contributed by atoms with Gasteiger partial charge < -0.3 is 14.8 Å². The lowest BCUT2D eigenvalue weighted by Gasteiger charge is -2.14. The van der Waals surface area contributed by atoms with Crippen LogP contribution in [0.3, 0.4) is 0 Å². The number of hydrogen-bond acceptors (Lipinski definition) is 5. The SMILES string of the molecule is CCOc1cc(CNc2ncn[nH]2)ccc1OCc1c(F)cccc1Cl. The summed E-state index contributed by atoms with van der Waals surface area (Å²) in [5, 5.41) is 9.95. The molecule has 0 amide bonds. The van der Waals surface area contributed by atoms with Crippen molar-refractivity contribution in [2.45, 2.75) is 20.1 Å². The summed E-state index contributed by atoms with van der Waals surface area (Å²) in [7, 11) is 0. The van der Waals surface area contributed by atoms with Gasteiger partial charge >= 0.3 is 0 Å². The summed E-state index contributed by atoms with van der Waals surface area (Å²) in [4.78, 5) is 4.01. The number of anilines is 1. The van der Waals surface area contributed by atoms with Crippen molar-refractivity contribution in [1.29, 1.82) is 0 Å². The van der Waals surface area contributed by atoms with Crippen LogP contribution in [0.1, 0.15) is 18.1 Å². The molecule has 0 aliphatic rings. The molecule has 6 nitrogen and oxygen atoms in total. The second-order valence-electron chi connectivity index (χ2n) is 5.39. The topological polar surface area (TPSA) is 72.1 Å². The zero-order valence-electron chi connectivity index (χ0n) is 14.1. The highest BCUT2D eigenvalue weighted by Crippen LogP contribution is 2.30. The Kier molecular flexibility index (Phi) is 5.91. The monoisotopic (exact) mass is 376 g/mol. The Labute approximate surface area is 155 Å². The first-order valence-corrected chi connectivity index (χ1v) is 8.45. The van der Waals surface area contributed by atoms with Gasteiger partial charge in [-0.2, -0.15) is 5.10 Å². The Morgan fingerprint density at radius 3 is 2.81 bits per heavy atom. The average molecular weight is 377 g/mol. The van der Waals surface area contributed by atoms with Gasteiger partial charge in [0.1, 0.15) is 18.8 Å². The van der Waals surface area contributed by atoms with E-state index >= 15 is 0 Å². The third kappa shape index (κ3) is 4.43. The molecule has 8 heteroatoms. The van der Waals surface area contributed by atoms with E-state index in [4.69, 9.17) is 21.1 Å². The average Bonchev–Trinajstić information content (AvgIpc) is 3.15. The van der Waals surface area contributed by atoms with Gasteiger partial charge in [0.25, 0.3) is 0 Å². The number of benzene rings is 2. The molecule has 2 N–H and O–H groups in total. The van der Waals surface area contributed by atoms with Gasteiger partial charge in [-0.1, -0.05) is 23.7 Å². The predicted molar refractivity (Wildman–Crippen MR) is 97.1 cm³/mol. The number of rotatable bonds is 8. The number of hydrogen-bond donors (Lipinski definition) is 2. The summed E-state index contributed by atoms with van der Waals surface area (Å²) in [6.07, 6.45) is 1.43. The number of nitrogens with zero attached hydrogens (tertiary/aromatic N) is 2. The summed E-state index contributed by atoms with van der Waals surface area (Å²) in [5.74, 6) is 1.28. The number of aromatic nitrogens is 3. The van der Waals surface area contributed by atoms with E-state index in [2.05, 4.69) is 20.5 Å². The summed E-state index contributed by atoms with van der Waals surface area (Å²) in [5.41, 5.74) is 1.29. The number of H-pyrrole nitrogens is 1. The molecule has 0 bridgehead atoms. The molecule has 1 aromatic heterocycles. The van der Waals surface area contributed by atoms with Crippen LogP contribution in [0.25, 0.3) is 0 Å². The van der Waals surface area contributed by atoms with E-state index in [0.29, 0.717) is 41.2 Å². The molecule has 1 heterocycles. The van der Waals surface area contributed by atoms with E-state index in [1.165, 1.54) is 12.4 Å². The van der Waals surface area contributed by atoms with E-state index in [1.807, 2.05) is 19.1 Å². The fourth-order valence-electron chi connectivity index (χ4n) is 2.35. The predicted octanol–water partition coefficient (Wildman–Crippen LogP) is 4.19. The van der Waals surface area contributed by atoms with E-state index < -0.39 is 5.82 Å². The molecule has 26 heavy (non-hydrogen) atoms. The van der Waals surface area contributed by atoms with Crippen LogP contribution in [0.5, 0.6) is 11.5 Å². The number of nitrogens with one attached hydrogen (secondary N) is 2. The van der Waals surface area contributed by atoms with Crippen LogP contribution in [0.2, 0.25) is 5.02 Å². The maximum Gasteiger partial charge on any atom is 0.218 e. The Bertz CT molecular complexity index is 838. The van der Waals surface area contributed by atoms with Crippen molar-refractivity contribution in [2.75, 3.05) is 11.9 Å². The van der Waals surface area contributed by atoms with E-state index in [-0.39, 0.29) is 6.61 Å². The van der Waals surface area contributed by atoms with E-state index in [9.17, 15) is 4.39 Å². The van der Waals surface area contributed by atoms with Crippen LogP contribution in [0, 0.1) is 5.82 Å². The molecule has 0 unspecified atom stereocenters. The summed E-state index contributed by atoms with van der Waals surface area (Å²) in [6, 6.07) is 10.1. The summed E-state index contributed by atoms with van der Waals surface area (Å²) in [6.45, 7) is 2.92. The molecule has 3 rings (SSSR count). The first-order valence-electron chi connectivity index (χ1n) is 8.08. The maximum atomic E-state index is 13.9. The molecule has 0 spiro atoms. The molecular formula is C18H18ClFN4O2. The van der Waals surface area contributed by atoms with E-state index in [0.717, 1.165) is 5.56 Å². The van der Waals surface area contributed by atoms with Crippen LogP contribution in [-0.4, -0.2) is 21.8 Å². The van der Waals surface area contributed by atoms with Crippen LogP contribution >= 0.6 is 11.6 Å². The van der Waals surface area contributed by atoms with Crippen LogP contribution in [-0.2, 0) is 13.2 Å². The van der Waals surface area contributed by atoms with Crippen molar-refractivity contribution < 1.29 is 13.9 Å². The highest BCUT2D eigenvalue weighted by atomic mass is 35.5. The van der Waals surface area contributed by atoms with Crippen molar-refractivity contribution in [3.05, 3.63) is 64.7 Å². The van der Waals surface area contributed by atoms with Gasteiger partial charge in [0.05, 0.1) is 11.6 Å². The second kappa shape index (κ2) is 8.53.